The Labute approximate surface area is 212 Å². The minimum atomic E-state index is -0.711. The summed E-state index contributed by atoms with van der Waals surface area (Å²) in [4.78, 5) is 42.0. The van der Waals surface area contributed by atoms with E-state index in [0.29, 0.717) is 23.7 Å². The molecule has 1 aromatic carbocycles. The number of fused-ring (bicyclic) bond motifs is 1. The molecule has 3 rings (SSSR count). The number of allylic oxidation sites excluding steroid dienone is 1. The molecule has 5 atom stereocenters. The maximum Gasteiger partial charge on any atom is 0.310 e. The summed E-state index contributed by atoms with van der Waals surface area (Å²) in [5.74, 6) is -2.50. The molecule has 0 aromatic heterocycles. The molecule has 0 spiro atoms. The predicted molar refractivity (Wildman–Crippen MR) is 136 cm³/mol. The lowest BCUT2D eigenvalue weighted by molar-refractivity contribution is -0.155. The molecule has 1 saturated heterocycles. The Morgan fingerprint density at radius 1 is 1.09 bits per heavy atom. The summed E-state index contributed by atoms with van der Waals surface area (Å²) < 4.78 is 5.40. The minimum absolute atomic E-state index is 0.0891. The van der Waals surface area contributed by atoms with E-state index in [0.717, 1.165) is 32.1 Å². The van der Waals surface area contributed by atoms with E-state index in [-0.39, 0.29) is 36.9 Å². The zero-order chi connectivity index (χ0) is 25.4. The maximum atomic E-state index is 13.8. The van der Waals surface area contributed by atoms with Crippen molar-refractivity contribution in [1.29, 1.82) is 0 Å². The lowest BCUT2D eigenvalue weighted by atomic mass is 9.69. The molecule has 192 valence electrons. The topological polar surface area (TPSA) is 95.9 Å². The summed E-state index contributed by atoms with van der Waals surface area (Å²) in [5.41, 5.74) is 0.601. The van der Waals surface area contributed by atoms with Crippen molar-refractivity contribution in [3.05, 3.63) is 41.4 Å². The van der Waals surface area contributed by atoms with Crippen molar-refractivity contribution < 1.29 is 24.2 Å². The summed E-state index contributed by atoms with van der Waals surface area (Å²) in [6.07, 6.45) is 8.78. The van der Waals surface area contributed by atoms with Crippen molar-refractivity contribution in [2.45, 2.75) is 58.4 Å². The maximum absolute atomic E-state index is 13.8. The number of amides is 2. The third-order valence-corrected chi connectivity index (χ3v) is 7.23. The number of rotatable bonds is 12. The number of halogens is 1. The molecule has 35 heavy (non-hydrogen) atoms. The van der Waals surface area contributed by atoms with Gasteiger partial charge in [0.15, 0.2) is 0 Å². The first kappa shape index (κ1) is 27.2. The van der Waals surface area contributed by atoms with Crippen molar-refractivity contribution in [2.75, 3.05) is 25.1 Å². The molecule has 1 aliphatic heterocycles. The highest BCUT2D eigenvalue weighted by molar-refractivity contribution is 6.30. The zero-order valence-electron chi connectivity index (χ0n) is 20.6. The van der Waals surface area contributed by atoms with Gasteiger partial charge in [-0.15, -0.1) is 0 Å². The Morgan fingerprint density at radius 3 is 2.46 bits per heavy atom. The van der Waals surface area contributed by atoms with Gasteiger partial charge in [-0.3, -0.25) is 14.4 Å². The highest BCUT2D eigenvalue weighted by Gasteiger charge is 2.57. The number of carbonyl (C=O) groups is 3. The van der Waals surface area contributed by atoms with Crippen LogP contribution in [-0.2, 0) is 19.1 Å². The van der Waals surface area contributed by atoms with E-state index in [9.17, 15) is 14.4 Å². The number of nitrogens with one attached hydrogen (secondary N) is 1. The Balaban J connectivity index is 1.90. The number of ether oxygens (including phenoxy) is 1. The fourth-order valence-corrected chi connectivity index (χ4v) is 5.53. The molecular weight excluding hydrogens is 468 g/mol. The Hall–Kier alpha value is -2.38. The van der Waals surface area contributed by atoms with Gasteiger partial charge >= 0.3 is 5.97 Å². The number of aliphatic hydroxyl groups excluding tert-OH is 1. The van der Waals surface area contributed by atoms with Crippen LogP contribution in [0.15, 0.2) is 36.4 Å². The average Bonchev–Trinajstić information content (AvgIpc) is 3.12. The standard InChI is InChI=1S/C27H37ClN2O5/c1-3-9-18-10-15-21-23(22(18)27(34)35-4-2)26(33)30(16-7-5-6-8-17-31)24(21)25(32)29-20-13-11-19(28)12-14-20/h10-15,18,21-24,31H,3-9,16-17H2,1-2H3,(H,29,32)/t18-,21+,22-,23-,24+/m1/s1. The van der Waals surface area contributed by atoms with Crippen LogP contribution in [0.2, 0.25) is 5.02 Å². The van der Waals surface area contributed by atoms with Crippen LogP contribution in [0.4, 0.5) is 5.69 Å². The number of esters is 1. The van der Waals surface area contributed by atoms with Gasteiger partial charge in [-0.05, 0) is 56.4 Å². The van der Waals surface area contributed by atoms with Crippen molar-refractivity contribution >= 4 is 35.1 Å². The Kier molecular flexibility index (Phi) is 10.2. The SMILES string of the molecule is CCC[C@@H]1C=C[C@H]2[C@@H](C(=O)N(CCCCCCO)[C@@H]2C(=O)Nc2ccc(Cl)cc2)[C@@H]1C(=O)OCC. The number of carbonyl (C=O) groups excluding carboxylic acids is 3. The van der Waals surface area contributed by atoms with E-state index in [1.807, 2.05) is 12.2 Å². The normalized spacial score (nSPS) is 25.4. The molecule has 0 bridgehead atoms. The second-order valence-corrected chi connectivity index (χ2v) is 9.77. The van der Waals surface area contributed by atoms with E-state index < -0.39 is 23.8 Å². The molecule has 0 unspecified atom stereocenters. The molecule has 1 fully saturated rings. The van der Waals surface area contributed by atoms with Crippen LogP contribution < -0.4 is 5.32 Å². The monoisotopic (exact) mass is 504 g/mol. The van der Waals surface area contributed by atoms with Crippen LogP contribution in [0.3, 0.4) is 0 Å². The van der Waals surface area contributed by atoms with Gasteiger partial charge in [0.2, 0.25) is 11.8 Å². The number of hydrogen-bond acceptors (Lipinski definition) is 5. The highest BCUT2D eigenvalue weighted by atomic mass is 35.5. The van der Waals surface area contributed by atoms with Gasteiger partial charge in [-0.25, -0.2) is 0 Å². The smallest absolute Gasteiger partial charge is 0.310 e. The highest BCUT2D eigenvalue weighted by Crippen LogP contribution is 2.46. The van der Waals surface area contributed by atoms with Gasteiger partial charge in [0, 0.05) is 29.8 Å². The van der Waals surface area contributed by atoms with Gasteiger partial charge in [0.25, 0.3) is 0 Å². The summed E-state index contributed by atoms with van der Waals surface area (Å²) >= 11 is 5.98. The Bertz CT molecular complexity index is 903. The first-order valence-corrected chi connectivity index (χ1v) is 13.1. The van der Waals surface area contributed by atoms with Gasteiger partial charge in [0.1, 0.15) is 6.04 Å². The summed E-state index contributed by atoms with van der Waals surface area (Å²) in [6, 6.07) is 6.14. The first-order chi connectivity index (χ1) is 16.9. The number of benzene rings is 1. The lowest BCUT2D eigenvalue weighted by Crippen LogP contribution is -2.44. The second-order valence-electron chi connectivity index (χ2n) is 9.33. The number of anilines is 1. The fourth-order valence-electron chi connectivity index (χ4n) is 5.40. The summed E-state index contributed by atoms with van der Waals surface area (Å²) in [7, 11) is 0. The minimum Gasteiger partial charge on any atom is -0.466 e. The number of hydrogen-bond donors (Lipinski definition) is 2. The van der Waals surface area contributed by atoms with Crippen LogP contribution in [0, 0.1) is 23.7 Å². The third kappa shape index (κ3) is 6.44. The second kappa shape index (κ2) is 13.1. The fraction of sp³-hybridized carbons (Fsp3) is 0.593. The lowest BCUT2D eigenvalue weighted by Gasteiger charge is -2.33. The quantitative estimate of drug-likeness (QED) is 0.249. The molecule has 0 saturated carbocycles. The molecule has 0 radical (unpaired) electrons. The predicted octanol–water partition coefficient (Wildman–Crippen LogP) is 4.44. The molecule has 1 aromatic rings. The van der Waals surface area contributed by atoms with Crippen LogP contribution in [0.1, 0.15) is 52.4 Å². The molecule has 2 N–H and O–H groups in total. The van der Waals surface area contributed by atoms with Crippen molar-refractivity contribution in [3.8, 4) is 0 Å². The molecule has 7 nitrogen and oxygen atoms in total. The van der Waals surface area contributed by atoms with Crippen LogP contribution in [-0.4, -0.2) is 53.6 Å². The van der Waals surface area contributed by atoms with E-state index in [1.54, 1.807) is 36.1 Å². The van der Waals surface area contributed by atoms with Gasteiger partial charge in [-0.2, -0.15) is 0 Å². The van der Waals surface area contributed by atoms with Gasteiger partial charge < -0.3 is 20.1 Å². The van der Waals surface area contributed by atoms with Crippen LogP contribution in [0.25, 0.3) is 0 Å². The van der Waals surface area contributed by atoms with Crippen molar-refractivity contribution in [3.63, 3.8) is 0 Å². The third-order valence-electron chi connectivity index (χ3n) is 6.98. The molecule has 8 heteroatoms. The van der Waals surface area contributed by atoms with Crippen molar-refractivity contribution in [2.24, 2.45) is 23.7 Å². The Morgan fingerprint density at radius 2 is 1.80 bits per heavy atom. The van der Waals surface area contributed by atoms with E-state index in [4.69, 9.17) is 21.4 Å². The van der Waals surface area contributed by atoms with E-state index in [2.05, 4.69) is 12.2 Å². The number of likely N-dealkylation sites (tertiary alicyclic amines) is 1. The number of unbranched alkanes of at least 4 members (excludes halogenated alkanes) is 3. The first-order valence-electron chi connectivity index (χ1n) is 12.8. The molecule has 1 heterocycles. The van der Waals surface area contributed by atoms with Crippen LogP contribution >= 0.6 is 11.6 Å². The average molecular weight is 505 g/mol. The molecule has 2 amide bonds. The summed E-state index contributed by atoms with van der Waals surface area (Å²) in [5, 5.41) is 12.6. The van der Waals surface area contributed by atoms with E-state index >= 15 is 0 Å². The molecular formula is C27H37ClN2O5. The zero-order valence-corrected chi connectivity index (χ0v) is 21.4. The summed E-state index contributed by atoms with van der Waals surface area (Å²) in [6.45, 7) is 4.64. The molecule has 1 aliphatic carbocycles. The van der Waals surface area contributed by atoms with Gasteiger partial charge in [-0.1, -0.05) is 49.9 Å². The van der Waals surface area contributed by atoms with Crippen LogP contribution in [0.5, 0.6) is 0 Å². The van der Waals surface area contributed by atoms with Gasteiger partial charge in [0.05, 0.1) is 18.4 Å². The van der Waals surface area contributed by atoms with E-state index in [1.165, 1.54) is 0 Å². The van der Waals surface area contributed by atoms with Crippen molar-refractivity contribution in [1.82, 2.24) is 4.90 Å². The number of nitrogens with zero attached hydrogens (tertiary/aromatic N) is 1. The largest absolute Gasteiger partial charge is 0.466 e. The number of aliphatic hydroxyl groups is 1. The molecule has 2 aliphatic rings.